The number of nitrogens with zero attached hydrogens (tertiary/aromatic N) is 1. The van der Waals surface area contributed by atoms with Crippen molar-refractivity contribution in [1.82, 2.24) is 4.90 Å². The van der Waals surface area contributed by atoms with Crippen molar-refractivity contribution in [2.75, 3.05) is 13.1 Å². The van der Waals surface area contributed by atoms with Gasteiger partial charge in [0.2, 0.25) is 0 Å². The lowest BCUT2D eigenvalue weighted by atomic mass is 9.69. The van der Waals surface area contributed by atoms with Crippen LogP contribution in [0.1, 0.15) is 74.1 Å². The van der Waals surface area contributed by atoms with E-state index < -0.39 is 0 Å². The number of piperidine rings is 1. The lowest BCUT2D eigenvalue weighted by Crippen LogP contribution is -2.44. The predicted molar refractivity (Wildman–Crippen MR) is 93.5 cm³/mol. The van der Waals surface area contributed by atoms with Crippen LogP contribution in [0.4, 0.5) is 0 Å². The first kappa shape index (κ1) is 17.1. The lowest BCUT2D eigenvalue weighted by Gasteiger charge is -2.44. The Labute approximate surface area is 133 Å². The summed E-state index contributed by atoms with van der Waals surface area (Å²) >= 11 is 0. The molecular weight excluding hydrogens is 254 g/mol. The molecule has 0 aromatic carbocycles. The van der Waals surface area contributed by atoms with Gasteiger partial charge in [-0.3, -0.25) is 0 Å². The highest BCUT2D eigenvalue weighted by Gasteiger charge is 2.47. The van der Waals surface area contributed by atoms with E-state index in [2.05, 4.69) is 53.4 Å². The summed E-state index contributed by atoms with van der Waals surface area (Å²) in [6, 6.07) is 0.710. The molecule has 1 spiro atoms. The fourth-order valence-corrected chi connectivity index (χ4v) is 5.25. The quantitative estimate of drug-likeness (QED) is 0.617. The molecule has 0 N–H and O–H groups in total. The fraction of sp³-hybridized carbons (Fsp3) is 0.900. The zero-order valence-corrected chi connectivity index (χ0v) is 15.5. The molecule has 1 heterocycles. The van der Waals surface area contributed by atoms with E-state index in [1.807, 2.05) is 11.1 Å². The molecule has 1 saturated heterocycles. The molecule has 21 heavy (non-hydrogen) atoms. The van der Waals surface area contributed by atoms with E-state index in [0.29, 0.717) is 11.5 Å². The monoisotopic (exact) mass is 291 g/mol. The molecule has 1 fully saturated rings. The third-order valence-electron chi connectivity index (χ3n) is 6.14. The van der Waals surface area contributed by atoms with Crippen LogP contribution < -0.4 is 0 Å². The van der Waals surface area contributed by atoms with Crippen LogP contribution >= 0.6 is 0 Å². The SMILES string of the molecule is CCC1CC2(CCN(C(C)C)CC2)C(C(C)C)=C1C(C)C. The van der Waals surface area contributed by atoms with Crippen molar-refractivity contribution >= 4 is 0 Å². The first-order chi connectivity index (χ1) is 9.82. The minimum absolute atomic E-state index is 0.542. The molecule has 0 aromatic heterocycles. The molecule has 0 saturated carbocycles. The highest BCUT2D eigenvalue weighted by Crippen LogP contribution is 2.57. The number of rotatable bonds is 4. The van der Waals surface area contributed by atoms with Crippen LogP contribution in [-0.2, 0) is 0 Å². The molecule has 1 aliphatic carbocycles. The fourth-order valence-electron chi connectivity index (χ4n) is 5.25. The molecule has 0 aromatic rings. The Hall–Kier alpha value is -0.300. The highest BCUT2D eigenvalue weighted by atomic mass is 15.2. The molecule has 1 aliphatic heterocycles. The third kappa shape index (κ3) is 3.09. The van der Waals surface area contributed by atoms with E-state index in [4.69, 9.17) is 0 Å². The van der Waals surface area contributed by atoms with Crippen molar-refractivity contribution in [2.24, 2.45) is 23.2 Å². The van der Waals surface area contributed by atoms with Crippen LogP contribution in [0, 0.1) is 23.2 Å². The number of hydrogen-bond donors (Lipinski definition) is 0. The van der Waals surface area contributed by atoms with Crippen molar-refractivity contribution in [3.05, 3.63) is 11.1 Å². The average molecular weight is 292 g/mol. The minimum atomic E-state index is 0.542. The Kier molecular flexibility index (Phi) is 5.23. The van der Waals surface area contributed by atoms with Gasteiger partial charge in [-0.2, -0.15) is 0 Å². The first-order valence-corrected chi connectivity index (χ1v) is 9.31. The largest absolute Gasteiger partial charge is 0.301 e. The normalized spacial score (nSPS) is 26.9. The van der Waals surface area contributed by atoms with Gasteiger partial charge < -0.3 is 4.90 Å². The molecule has 1 heteroatoms. The van der Waals surface area contributed by atoms with Gasteiger partial charge in [0.05, 0.1) is 0 Å². The summed E-state index contributed by atoms with van der Waals surface area (Å²) in [4.78, 5) is 2.68. The molecule has 1 atom stereocenters. The molecule has 0 amide bonds. The van der Waals surface area contributed by atoms with Crippen molar-refractivity contribution in [3.8, 4) is 0 Å². The van der Waals surface area contributed by atoms with Gasteiger partial charge in [-0.1, -0.05) is 45.8 Å². The van der Waals surface area contributed by atoms with Gasteiger partial charge >= 0.3 is 0 Å². The van der Waals surface area contributed by atoms with Crippen LogP contribution in [0.15, 0.2) is 11.1 Å². The van der Waals surface area contributed by atoms with Crippen LogP contribution in [0.25, 0.3) is 0 Å². The van der Waals surface area contributed by atoms with Gasteiger partial charge in [-0.05, 0) is 75.8 Å². The Morgan fingerprint density at radius 1 is 1.00 bits per heavy atom. The molecule has 1 unspecified atom stereocenters. The summed E-state index contributed by atoms with van der Waals surface area (Å²) in [5.41, 5.74) is 4.25. The molecule has 2 aliphatic rings. The van der Waals surface area contributed by atoms with E-state index >= 15 is 0 Å². The van der Waals surface area contributed by atoms with E-state index in [1.165, 1.54) is 38.8 Å². The zero-order chi connectivity index (χ0) is 15.8. The predicted octanol–water partition coefficient (Wildman–Crippen LogP) is 5.52. The van der Waals surface area contributed by atoms with Gasteiger partial charge in [-0.15, -0.1) is 0 Å². The Morgan fingerprint density at radius 2 is 1.57 bits per heavy atom. The van der Waals surface area contributed by atoms with Crippen LogP contribution in [0.3, 0.4) is 0 Å². The number of likely N-dealkylation sites (tertiary alicyclic amines) is 1. The maximum atomic E-state index is 2.68. The first-order valence-electron chi connectivity index (χ1n) is 9.31. The Morgan fingerprint density at radius 3 is 1.95 bits per heavy atom. The van der Waals surface area contributed by atoms with Crippen LogP contribution in [0.5, 0.6) is 0 Å². The summed E-state index contributed by atoms with van der Waals surface area (Å²) in [5.74, 6) is 2.31. The average Bonchev–Trinajstić information content (AvgIpc) is 2.73. The summed E-state index contributed by atoms with van der Waals surface area (Å²) < 4.78 is 0. The van der Waals surface area contributed by atoms with Crippen LogP contribution in [-0.4, -0.2) is 24.0 Å². The van der Waals surface area contributed by atoms with Gasteiger partial charge in [-0.25, -0.2) is 0 Å². The van der Waals surface area contributed by atoms with Crippen molar-refractivity contribution in [3.63, 3.8) is 0 Å². The van der Waals surface area contributed by atoms with E-state index in [1.54, 1.807) is 0 Å². The molecule has 1 nitrogen and oxygen atoms in total. The topological polar surface area (TPSA) is 3.24 Å². The summed E-state index contributed by atoms with van der Waals surface area (Å²) in [5, 5.41) is 0. The van der Waals surface area contributed by atoms with Gasteiger partial charge in [0.15, 0.2) is 0 Å². The van der Waals surface area contributed by atoms with Crippen molar-refractivity contribution in [2.45, 2.75) is 80.2 Å². The van der Waals surface area contributed by atoms with Gasteiger partial charge in [0.1, 0.15) is 0 Å². The van der Waals surface area contributed by atoms with E-state index in [0.717, 1.165) is 17.8 Å². The summed E-state index contributed by atoms with van der Waals surface area (Å²) in [6.45, 7) is 19.4. The second kappa shape index (κ2) is 6.44. The number of hydrogen-bond acceptors (Lipinski definition) is 1. The molecular formula is C20H37N. The summed E-state index contributed by atoms with van der Waals surface area (Å²) in [7, 11) is 0. The zero-order valence-electron chi connectivity index (χ0n) is 15.5. The Bertz CT molecular complexity index is 381. The lowest BCUT2D eigenvalue weighted by molar-refractivity contribution is 0.0953. The van der Waals surface area contributed by atoms with Gasteiger partial charge in [0, 0.05) is 6.04 Å². The summed E-state index contributed by atoms with van der Waals surface area (Å²) in [6.07, 6.45) is 5.56. The smallest absolute Gasteiger partial charge is 0.00386 e. The Balaban J connectivity index is 2.32. The maximum Gasteiger partial charge on any atom is 0.00386 e. The van der Waals surface area contributed by atoms with E-state index in [-0.39, 0.29) is 0 Å². The third-order valence-corrected chi connectivity index (χ3v) is 6.14. The van der Waals surface area contributed by atoms with E-state index in [9.17, 15) is 0 Å². The van der Waals surface area contributed by atoms with Crippen molar-refractivity contribution < 1.29 is 0 Å². The second-order valence-corrected chi connectivity index (χ2v) is 8.40. The number of allylic oxidation sites excluding steroid dienone is 2. The molecule has 0 bridgehead atoms. The van der Waals surface area contributed by atoms with Crippen LogP contribution in [0.2, 0.25) is 0 Å². The minimum Gasteiger partial charge on any atom is -0.301 e. The second-order valence-electron chi connectivity index (χ2n) is 8.40. The molecule has 0 radical (unpaired) electrons. The highest BCUT2D eigenvalue weighted by molar-refractivity contribution is 5.34. The van der Waals surface area contributed by atoms with Gasteiger partial charge in [0.25, 0.3) is 0 Å². The molecule has 2 rings (SSSR count). The maximum absolute atomic E-state index is 2.68. The molecule has 122 valence electrons. The van der Waals surface area contributed by atoms with Crippen molar-refractivity contribution in [1.29, 1.82) is 0 Å². The standard InChI is InChI=1S/C20H37N/c1-8-17-13-20(9-11-21(12-10-20)16(6)7)19(15(4)5)18(17)14(2)3/h14-17H,8-13H2,1-7H3.